The Morgan fingerprint density at radius 3 is 2.11 bits per heavy atom. The highest BCUT2D eigenvalue weighted by atomic mass is 35.5. The molecule has 0 bridgehead atoms. The molecule has 0 radical (unpaired) electrons. The van der Waals surface area contributed by atoms with Gasteiger partial charge in [-0.2, -0.15) is 15.8 Å². The Hall–Kier alpha value is -2.48. The van der Waals surface area contributed by atoms with E-state index in [-0.39, 0.29) is 11.3 Å². The topological polar surface area (TPSA) is 83.4 Å². The lowest BCUT2D eigenvalue weighted by Gasteiger charge is -2.10. The van der Waals surface area contributed by atoms with Crippen LogP contribution in [0.2, 0.25) is 5.02 Å². The van der Waals surface area contributed by atoms with Crippen molar-refractivity contribution in [2.75, 3.05) is 5.32 Å². The summed E-state index contributed by atoms with van der Waals surface area (Å²) in [4.78, 5) is 0. The first-order valence-electron chi connectivity index (χ1n) is 5.01. The normalized spacial score (nSPS) is 8.67. The van der Waals surface area contributed by atoms with Crippen molar-refractivity contribution in [3.05, 3.63) is 39.6 Å². The van der Waals surface area contributed by atoms with E-state index in [1.165, 1.54) is 0 Å². The van der Waals surface area contributed by atoms with E-state index in [0.717, 1.165) is 11.1 Å². The number of hydrogen-bond donors (Lipinski definition) is 1. The lowest BCUT2D eigenvalue weighted by Crippen LogP contribution is -2.02. The zero-order chi connectivity index (χ0) is 13.7. The number of nitrogens with one attached hydrogen (secondary N) is 1. The Bertz CT molecular complexity index is 623. The SMILES string of the molecule is Cc1cc(Cl)c(NC(C#N)=C(C#N)C#N)cc1C. The molecular weight excluding hydrogens is 248 g/mol. The summed E-state index contributed by atoms with van der Waals surface area (Å²) in [5.41, 5.74) is 2.14. The maximum Gasteiger partial charge on any atom is 0.163 e. The maximum absolute atomic E-state index is 8.92. The highest BCUT2D eigenvalue weighted by molar-refractivity contribution is 6.33. The van der Waals surface area contributed by atoms with Gasteiger partial charge in [-0.3, -0.25) is 0 Å². The number of nitriles is 3. The highest BCUT2D eigenvalue weighted by Gasteiger charge is 2.09. The van der Waals surface area contributed by atoms with Crippen LogP contribution in [-0.4, -0.2) is 0 Å². The smallest absolute Gasteiger partial charge is 0.163 e. The molecule has 0 aliphatic carbocycles. The first-order chi connectivity index (χ1) is 8.53. The van der Waals surface area contributed by atoms with Crippen molar-refractivity contribution in [3.8, 4) is 18.2 Å². The molecule has 0 heterocycles. The second kappa shape index (κ2) is 5.73. The van der Waals surface area contributed by atoms with Crippen LogP contribution in [-0.2, 0) is 0 Å². The van der Waals surface area contributed by atoms with Gasteiger partial charge < -0.3 is 5.32 Å². The van der Waals surface area contributed by atoms with Crippen LogP contribution in [0.3, 0.4) is 0 Å². The van der Waals surface area contributed by atoms with Crippen molar-refractivity contribution in [1.82, 2.24) is 0 Å². The van der Waals surface area contributed by atoms with E-state index in [1.54, 1.807) is 30.3 Å². The molecule has 1 aromatic carbocycles. The van der Waals surface area contributed by atoms with Gasteiger partial charge >= 0.3 is 0 Å². The summed E-state index contributed by atoms with van der Waals surface area (Å²) in [5, 5.41) is 29.5. The van der Waals surface area contributed by atoms with Crippen molar-refractivity contribution in [2.24, 2.45) is 0 Å². The van der Waals surface area contributed by atoms with Gasteiger partial charge in [-0.05, 0) is 37.1 Å². The number of allylic oxidation sites excluding steroid dienone is 2. The van der Waals surface area contributed by atoms with E-state index in [4.69, 9.17) is 27.4 Å². The third-order valence-electron chi connectivity index (χ3n) is 2.43. The second-order valence-electron chi connectivity index (χ2n) is 3.63. The van der Waals surface area contributed by atoms with Crippen LogP contribution in [0.1, 0.15) is 11.1 Å². The Morgan fingerprint density at radius 2 is 1.61 bits per heavy atom. The third-order valence-corrected chi connectivity index (χ3v) is 2.74. The van der Waals surface area contributed by atoms with Gasteiger partial charge in [-0.25, -0.2) is 0 Å². The van der Waals surface area contributed by atoms with E-state index >= 15 is 0 Å². The fourth-order valence-corrected chi connectivity index (χ4v) is 1.56. The zero-order valence-corrected chi connectivity index (χ0v) is 10.6. The third kappa shape index (κ3) is 2.80. The first-order valence-corrected chi connectivity index (χ1v) is 5.39. The lowest BCUT2D eigenvalue weighted by atomic mass is 10.1. The maximum atomic E-state index is 8.92. The zero-order valence-electron chi connectivity index (χ0n) is 9.87. The van der Waals surface area contributed by atoms with Crippen LogP contribution >= 0.6 is 11.6 Å². The van der Waals surface area contributed by atoms with Gasteiger partial charge in [0.05, 0.1) is 10.7 Å². The van der Waals surface area contributed by atoms with E-state index in [9.17, 15) is 0 Å². The average Bonchev–Trinajstić information content (AvgIpc) is 2.35. The molecule has 18 heavy (non-hydrogen) atoms. The van der Waals surface area contributed by atoms with Crippen LogP contribution in [0, 0.1) is 47.8 Å². The molecule has 0 unspecified atom stereocenters. The molecule has 1 N–H and O–H groups in total. The van der Waals surface area contributed by atoms with Gasteiger partial charge in [0.15, 0.2) is 5.57 Å². The summed E-state index contributed by atoms with van der Waals surface area (Å²) >= 11 is 6.03. The summed E-state index contributed by atoms with van der Waals surface area (Å²) in [6.07, 6.45) is 0. The van der Waals surface area contributed by atoms with Crippen molar-refractivity contribution in [3.63, 3.8) is 0 Å². The minimum atomic E-state index is -0.271. The average molecular weight is 257 g/mol. The molecule has 0 spiro atoms. The molecule has 0 aliphatic heterocycles. The molecule has 0 amide bonds. The van der Waals surface area contributed by atoms with Crippen LogP contribution in [0.15, 0.2) is 23.4 Å². The van der Waals surface area contributed by atoms with E-state index in [1.807, 2.05) is 13.8 Å². The number of anilines is 1. The molecule has 0 atom stereocenters. The van der Waals surface area contributed by atoms with Crippen molar-refractivity contribution >= 4 is 17.3 Å². The first kappa shape index (κ1) is 13.6. The molecular formula is C13H9ClN4. The van der Waals surface area contributed by atoms with E-state index in [0.29, 0.717) is 10.7 Å². The number of halogens is 1. The lowest BCUT2D eigenvalue weighted by molar-refractivity contribution is 1.32. The standard InChI is InChI=1S/C13H9ClN4/c1-8-3-11(14)12(4-9(8)2)18-13(7-17)10(5-15)6-16/h3-4,18H,1-2H3. The Kier molecular flexibility index (Phi) is 4.33. The van der Waals surface area contributed by atoms with Gasteiger partial charge in [0.2, 0.25) is 0 Å². The summed E-state index contributed by atoms with van der Waals surface area (Å²) < 4.78 is 0. The molecule has 5 heteroatoms. The van der Waals surface area contributed by atoms with Crippen LogP contribution in [0.4, 0.5) is 5.69 Å². The van der Waals surface area contributed by atoms with Crippen molar-refractivity contribution in [1.29, 1.82) is 15.8 Å². The Labute approximate surface area is 110 Å². The van der Waals surface area contributed by atoms with Crippen molar-refractivity contribution in [2.45, 2.75) is 13.8 Å². The molecule has 0 aromatic heterocycles. The predicted octanol–water partition coefficient (Wildman–Crippen LogP) is 3.19. The number of benzene rings is 1. The van der Waals surface area contributed by atoms with Gasteiger partial charge in [-0.1, -0.05) is 11.6 Å². The monoisotopic (exact) mass is 256 g/mol. The fourth-order valence-electron chi connectivity index (χ4n) is 1.29. The number of hydrogen-bond acceptors (Lipinski definition) is 4. The predicted molar refractivity (Wildman–Crippen MR) is 68.4 cm³/mol. The molecule has 1 rings (SSSR count). The van der Waals surface area contributed by atoms with Crippen molar-refractivity contribution < 1.29 is 0 Å². The molecule has 1 aromatic rings. The van der Waals surface area contributed by atoms with Crippen LogP contribution in [0.5, 0.6) is 0 Å². The molecule has 0 aliphatic rings. The summed E-state index contributed by atoms with van der Waals surface area (Å²) in [5.74, 6) is 0. The van der Waals surface area contributed by atoms with Crippen LogP contribution < -0.4 is 5.32 Å². The molecule has 0 saturated carbocycles. The summed E-state index contributed by atoms with van der Waals surface area (Å²) in [7, 11) is 0. The number of nitrogens with zero attached hydrogens (tertiary/aromatic N) is 3. The number of aryl methyl sites for hydroxylation is 2. The van der Waals surface area contributed by atoms with Crippen LogP contribution in [0.25, 0.3) is 0 Å². The largest absolute Gasteiger partial charge is 0.344 e. The van der Waals surface area contributed by atoms with Gasteiger partial charge in [-0.15, -0.1) is 0 Å². The second-order valence-corrected chi connectivity index (χ2v) is 4.03. The van der Waals surface area contributed by atoms with Gasteiger partial charge in [0, 0.05) is 0 Å². The molecule has 0 fully saturated rings. The van der Waals surface area contributed by atoms with E-state index in [2.05, 4.69) is 5.32 Å². The van der Waals surface area contributed by atoms with E-state index < -0.39 is 0 Å². The minimum Gasteiger partial charge on any atom is -0.344 e. The molecule has 88 valence electrons. The fraction of sp³-hybridized carbons (Fsp3) is 0.154. The number of rotatable bonds is 2. The molecule has 0 saturated heterocycles. The summed E-state index contributed by atoms with van der Waals surface area (Å²) in [6, 6.07) is 8.62. The Morgan fingerprint density at radius 1 is 1.06 bits per heavy atom. The Balaban J connectivity index is 3.26. The van der Waals surface area contributed by atoms with Gasteiger partial charge in [0.25, 0.3) is 0 Å². The minimum absolute atomic E-state index is 0.106. The quantitative estimate of drug-likeness (QED) is 0.824. The summed E-state index contributed by atoms with van der Waals surface area (Å²) in [6.45, 7) is 3.82. The van der Waals surface area contributed by atoms with Gasteiger partial charge in [0.1, 0.15) is 23.9 Å². The highest BCUT2D eigenvalue weighted by Crippen LogP contribution is 2.27. The molecule has 4 nitrogen and oxygen atoms in total.